The molecule has 5 N–H and O–H groups in total. The molecule has 208 valence electrons. The van der Waals surface area contributed by atoms with Gasteiger partial charge in [-0.05, 0) is 83.5 Å². The van der Waals surface area contributed by atoms with Gasteiger partial charge < -0.3 is 25.4 Å². The number of anilines is 2. The smallest absolute Gasteiger partial charge is 0.412 e. The van der Waals surface area contributed by atoms with Crippen molar-refractivity contribution in [3.8, 4) is 0 Å². The summed E-state index contributed by atoms with van der Waals surface area (Å²) in [4.78, 5) is 36.0. The molecule has 2 aromatic carbocycles. The molecule has 0 heterocycles. The predicted molar refractivity (Wildman–Crippen MR) is 150 cm³/mol. The van der Waals surface area contributed by atoms with Crippen LogP contribution in [0, 0.1) is 0 Å². The lowest BCUT2D eigenvalue weighted by Crippen LogP contribution is -2.34. The molecule has 0 unspecified atom stereocenters. The van der Waals surface area contributed by atoms with Crippen LogP contribution in [-0.4, -0.2) is 55.5 Å². The van der Waals surface area contributed by atoms with E-state index in [-0.39, 0.29) is 5.91 Å². The lowest BCUT2D eigenvalue weighted by atomic mass is 10.2. The molecular formula is C28H41N5O5. The summed E-state index contributed by atoms with van der Waals surface area (Å²) in [6.45, 7) is 14.2. The topological polar surface area (TPSA) is 130 Å². The Morgan fingerprint density at radius 1 is 0.632 bits per heavy atom. The molecule has 0 saturated carbocycles. The number of carbonyl (C=O) groups excluding carboxylic acids is 3. The van der Waals surface area contributed by atoms with E-state index in [9.17, 15) is 14.4 Å². The fraction of sp³-hybridized carbons (Fsp3) is 0.464. The molecule has 0 aliphatic heterocycles. The summed E-state index contributed by atoms with van der Waals surface area (Å²) < 4.78 is 10.5. The zero-order valence-corrected chi connectivity index (χ0v) is 23.2. The minimum absolute atomic E-state index is 0.182. The van der Waals surface area contributed by atoms with Crippen LogP contribution in [0.25, 0.3) is 0 Å². The largest absolute Gasteiger partial charge is 0.444 e. The zero-order valence-electron chi connectivity index (χ0n) is 23.2. The van der Waals surface area contributed by atoms with Gasteiger partial charge in [-0.2, -0.15) is 0 Å². The van der Waals surface area contributed by atoms with Crippen LogP contribution in [0.2, 0.25) is 0 Å². The summed E-state index contributed by atoms with van der Waals surface area (Å²) in [5.74, 6) is -0.182. The highest BCUT2D eigenvalue weighted by molar-refractivity contribution is 5.95. The van der Waals surface area contributed by atoms with E-state index in [2.05, 4.69) is 26.6 Å². The van der Waals surface area contributed by atoms with Crippen molar-refractivity contribution in [2.45, 2.75) is 59.3 Å². The number of carbonyl (C=O) groups is 3. The van der Waals surface area contributed by atoms with E-state index in [4.69, 9.17) is 9.47 Å². The minimum Gasteiger partial charge on any atom is -0.444 e. The summed E-state index contributed by atoms with van der Waals surface area (Å²) in [5, 5.41) is 14.8. The Bertz CT molecular complexity index is 1040. The number of benzene rings is 2. The van der Waals surface area contributed by atoms with Crippen molar-refractivity contribution in [3.63, 3.8) is 0 Å². The summed E-state index contributed by atoms with van der Waals surface area (Å²) in [6.07, 6.45) is -1.02. The van der Waals surface area contributed by atoms with Crippen molar-refractivity contribution in [2.75, 3.05) is 36.8 Å². The fourth-order valence-electron chi connectivity index (χ4n) is 3.15. The van der Waals surface area contributed by atoms with E-state index < -0.39 is 23.4 Å². The van der Waals surface area contributed by atoms with E-state index in [1.807, 2.05) is 45.0 Å². The highest BCUT2D eigenvalue weighted by Crippen LogP contribution is 2.14. The molecule has 0 aliphatic carbocycles. The van der Waals surface area contributed by atoms with Gasteiger partial charge in [0, 0.05) is 49.7 Å². The molecule has 2 aromatic rings. The number of hydrogen-bond donors (Lipinski definition) is 5. The number of amides is 3. The first-order valence-electron chi connectivity index (χ1n) is 12.7. The standard InChI is InChI=1S/C28H41N5O5/c1-27(2,3)37-25(35)32-22-11-7-20(8-12-22)19-30-16-15-29-17-18-31-24(34)21-9-13-23(14-10-21)33-26(36)38-28(4,5)6/h7-14,29-30H,15-19H2,1-6H3,(H,31,34)(H,32,35)(H,33,36). The van der Waals surface area contributed by atoms with Gasteiger partial charge in [-0.3, -0.25) is 15.4 Å². The number of nitrogens with one attached hydrogen (secondary N) is 5. The quantitative estimate of drug-likeness (QED) is 0.272. The third-order valence-electron chi connectivity index (χ3n) is 4.79. The van der Waals surface area contributed by atoms with Crippen molar-refractivity contribution in [3.05, 3.63) is 59.7 Å². The number of rotatable bonds is 11. The van der Waals surface area contributed by atoms with Crippen LogP contribution in [-0.2, 0) is 16.0 Å². The second kappa shape index (κ2) is 14.3. The highest BCUT2D eigenvalue weighted by Gasteiger charge is 2.17. The molecule has 10 heteroatoms. The van der Waals surface area contributed by atoms with Crippen LogP contribution < -0.4 is 26.6 Å². The van der Waals surface area contributed by atoms with Gasteiger partial charge >= 0.3 is 12.2 Å². The van der Waals surface area contributed by atoms with E-state index in [1.54, 1.807) is 45.0 Å². The Morgan fingerprint density at radius 3 is 1.58 bits per heavy atom. The average molecular weight is 528 g/mol. The SMILES string of the molecule is CC(C)(C)OC(=O)Nc1ccc(CNCCNCCNC(=O)c2ccc(NC(=O)OC(C)(C)C)cc2)cc1. The van der Waals surface area contributed by atoms with Crippen molar-refractivity contribution < 1.29 is 23.9 Å². The third-order valence-corrected chi connectivity index (χ3v) is 4.79. The molecule has 10 nitrogen and oxygen atoms in total. The van der Waals surface area contributed by atoms with E-state index in [0.29, 0.717) is 36.6 Å². The fourth-order valence-corrected chi connectivity index (χ4v) is 3.15. The lowest BCUT2D eigenvalue weighted by molar-refractivity contribution is 0.0624. The van der Waals surface area contributed by atoms with Crippen LogP contribution in [0.15, 0.2) is 48.5 Å². The molecular weight excluding hydrogens is 486 g/mol. The van der Waals surface area contributed by atoms with E-state index >= 15 is 0 Å². The maximum absolute atomic E-state index is 12.3. The average Bonchev–Trinajstić information content (AvgIpc) is 2.79. The molecule has 0 bridgehead atoms. The van der Waals surface area contributed by atoms with Gasteiger partial charge in [0.25, 0.3) is 5.91 Å². The third kappa shape index (κ3) is 13.1. The monoisotopic (exact) mass is 527 g/mol. The van der Waals surface area contributed by atoms with Gasteiger partial charge in [-0.1, -0.05) is 12.1 Å². The first-order chi connectivity index (χ1) is 17.8. The normalized spacial score (nSPS) is 11.4. The molecule has 3 amide bonds. The van der Waals surface area contributed by atoms with E-state index in [0.717, 1.165) is 18.7 Å². The maximum Gasteiger partial charge on any atom is 0.412 e. The summed E-state index contributed by atoms with van der Waals surface area (Å²) in [5.41, 5.74) is 1.72. The summed E-state index contributed by atoms with van der Waals surface area (Å²) in [7, 11) is 0. The molecule has 0 spiro atoms. The number of hydrogen-bond acceptors (Lipinski definition) is 7. The van der Waals surface area contributed by atoms with Crippen molar-refractivity contribution in [1.29, 1.82) is 0 Å². The first-order valence-corrected chi connectivity index (χ1v) is 12.7. The second-order valence-corrected chi connectivity index (χ2v) is 10.7. The first kappa shape index (κ1) is 30.6. The second-order valence-electron chi connectivity index (χ2n) is 10.7. The minimum atomic E-state index is -0.579. The van der Waals surface area contributed by atoms with Gasteiger partial charge in [0.1, 0.15) is 11.2 Å². The van der Waals surface area contributed by atoms with Crippen molar-refractivity contribution >= 4 is 29.5 Å². The van der Waals surface area contributed by atoms with Crippen LogP contribution in [0.4, 0.5) is 21.0 Å². The molecule has 0 saturated heterocycles. The lowest BCUT2D eigenvalue weighted by Gasteiger charge is -2.19. The maximum atomic E-state index is 12.3. The predicted octanol–water partition coefficient (Wildman–Crippen LogP) is 4.49. The van der Waals surface area contributed by atoms with E-state index in [1.165, 1.54) is 0 Å². The molecule has 2 rings (SSSR count). The summed E-state index contributed by atoms with van der Waals surface area (Å²) >= 11 is 0. The highest BCUT2D eigenvalue weighted by atomic mass is 16.6. The Balaban J connectivity index is 1.56. The van der Waals surface area contributed by atoms with Crippen molar-refractivity contribution in [2.24, 2.45) is 0 Å². The summed E-state index contributed by atoms with van der Waals surface area (Å²) in [6, 6.07) is 14.2. The van der Waals surface area contributed by atoms with Gasteiger partial charge in [-0.15, -0.1) is 0 Å². The van der Waals surface area contributed by atoms with Gasteiger partial charge in [0.05, 0.1) is 0 Å². The Morgan fingerprint density at radius 2 is 1.08 bits per heavy atom. The van der Waals surface area contributed by atoms with Gasteiger partial charge in [0.2, 0.25) is 0 Å². The Labute approximate surface area is 225 Å². The van der Waals surface area contributed by atoms with Gasteiger partial charge in [0.15, 0.2) is 0 Å². The molecule has 0 aromatic heterocycles. The van der Waals surface area contributed by atoms with Crippen LogP contribution >= 0.6 is 0 Å². The number of ether oxygens (including phenoxy) is 2. The molecule has 0 radical (unpaired) electrons. The van der Waals surface area contributed by atoms with Gasteiger partial charge in [-0.25, -0.2) is 9.59 Å². The Kier molecular flexibility index (Phi) is 11.5. The van der Waals surface area contributed by atoms with Crippen molar-refractivity contribution in [1.82, 2.24) is 16.0 Å². The molecule has 0 atom stereocenters. The Hall–Kier alpha value is -3.63. The molecule has 38 heavy (non-hydrogen) atoms. The molecule has 0 aliphatic rings. The molecule has 0 fully saturated rings. The van der Waals surface area contributed by atoms with Crippen LogP contribution in [0.5, 0.6) is 0 Å². The van der Waals surface area contributed by atoms with Crippen LogP contribution in [0.1, 0.15) is 57.5 Å². The van der Waals surface area contributed by atoms with Crippen LogP contribution in [0.3, 0.4) is 0 Å². The zero-order chi connectivity index (χ0) is 28.2.